The first-order valence-corrected chi connectivity index (χ1v) is 7.64. The van der Waals surface area contributed by atoms with Crippen LogP contribution in [0.4, 0.5) is 4.79 Å². The molecule has 118 valence electrons. The van der Waals surface area contributed by atoms with Crippen molar-refractivity contribution in [2.45, 2.75) is 45.7 Å². The van der Waals surface area contributed by atoms with E-state index in [1.807, 2.05) is 32.5 Å². The number of amides is 2. The number of piperidine rings is 1. The Kier molecular flexibility index (Phi) is 4.88. The first-order chi connectivity index (χ1) is 9.88. The zero-order valence-corrected chi connectivity index (χ0v) is 13.7. The van der Waals surface area contributed by atoms with Gasteiger partial charge in [-0.25, -0.2) is 4.79 Å². The van der Waals surface area contributed by atoms with Gasteiger partial charge in [0.15, 0.2) is 0 Å². The van der Waals surface area contributed by atoms with E-state index < -0.39 is 0 Å². The van der Waals surface area contributed by atoms with Crippen molar-refractivity contribution in [3.63, 3.8) is 0 Å². The van der Waals surface area contributed by atoms with Crippen LogP contribution in [0.3, 0.4) is 0 Å². The van der Waals surface area contributed by atoms with Crippen molar-refractivity contribution in [2.24, 2.45) is 7.05 Å². The smallest absolute Gasteiger partial charge is 0.315 e. The lowest BCUT2D eigenvalue weighted by Crippen LogP contribution is -2.49. The number of aryl methyl sites for hydroxylation is 2. The van der Waals surface area contributed by atoms with Crippen LogP contribution in [0.25, 0.3) is 0 Å². The van der Waals surface area contributed by atoms with Crippen LogP contribution in [0.5, 0.6) is 0 Å². The number of likely N-dealkylation sites (N-methyl/N-ethyl adjacent to an activating group) is 1. The maximum atomic E-state index is 12.2. The van der Waals surface area contributed by atoms with Gasteiger partial charge in [-0.15, -0.1) is 0 Å². The Bertz CT molecular complexity index is 510. The van der Waals surface area contributed by atoms with Crippen molar-refractivity contribution in [3.05, 3.63) is 17.0 Å². The minimum absolute atomic E-state index is 0.0416. The first-order valence-electron chi connectivity index (χ1n) is 7.64. The first kappa shape index (κ1) is 15.8. The van der Waals surface area contributed by atoms with Gasteiger partial charge in [0, 0.05) is 30.9 Å². The largest absolute Gasteiger partial charge is 0.334 e. The summed E-state index contributed by atoms with van der Waals surface area (Å²) in [5, 5.41) is 10.5. The normalized spacial score (nSPS) is 21.1. The van der Waals surface area contributed by atoms with Gasteiger partial charge in [-0.2, -0.15) is 5.10 Å². The van der Waals surface area contributed by atoms with Gasteiger partial charge in [0.25, 0.3) is 0 Å². The maximum Gasteiger partial charge on any atom is 0.315 e. The Labute approximate surface area is 126 Å². The summed E-state index contributed by atoms with van der Waals surface area (Å²) in [5.74, 6) is 0. The molecule has 2 heterocycles. The molecule has 2 rings (SSSR count). The van der Waals surface area contributed by atoms with Gasteiger partial charge in [0.2, 0.25) is 0 Å². The van der Waals surface area contributed by atoms with Crippen LogP contribution >= 0.6 is 0 Å². The Morgan fingerprint density at radius 3 is 2.67 bits per heavy atom. The van der Waals surface area contributed by atoms with E-state index in [1.165, 1.54) is 0 Å². The summed E-state index contributed by atoms with van der Waals surface area (Å²) in [6.45, 7) is 8.05. The highest BCUT2D eigenvalue weighted by Crippen LogP contribution is 2.20. The van der Waals surface area contributed by atoms with E-state index in [1.54, 1.807) is 0 Å². The molecule has 0 spiro atoms. The standard InChI is InChI=1S/C15H27N5O/c1-10(14-11(2)18-20(5)12(14)3)16-15(21)17-13-7-6-8-19(4)9-13/h10,13H,6-9H2,1-5H3,(H2,16,17,21)/t10-,13-/m1/s1. The number of likely N-dealkylation sites (tertiary alicyclic amines) is 1. The van der Waals surface area contributed by atoms with E-state index >= 15 is 0 Å². The second kappa shape index (κ2) is 6.47. The number of nitrogens with one attached hydrogen (secondary N) is 2. The molecule has 2 atom stereocenters. The molecule has 1 aromatic heterocycles. The number of urea groups is 1. The SMILES string of the molecule is Cc1nn(C)c(C)c1[C@@H](C)NC(=O)N[C@@H]1CCCN(C)C1. The number of hydrogen-bond donors (Lipinski definition) is 2. The van der Waals surface area contributed by atoms with Gasteiger partial charge < -0.3 is 15.5 Å². The molecule has 6 heteroatoms. The fourth-order valence-electron chi connectivity index (χ4n) is 3.20. The molecule has 6 nitrogen and oxygen atoms in total. The van der Waals surface area contributed by atoms with Crippen LogP contribution < -0.4 is 10.6 Å². The van der Waals surface area contributed by atoms with Gasteiger partial charge in [0.05, 0.1) is 11.7 Å². The van der Waals surface area contributed by atoms with Crippen molar-refractivity contribution in [1.29, 1.82) is 0 Å². The zero-order valence-electron chi connectivity index (χ0n) is 13.7. The molecular formula is C15H27N5O. The second-order valence-electron chi connectivity index (χ2n) is 6.15. The minimum Gasteiger partial charge on any atom is -0.334 e. The van der Waals surface area contributed by atoms with Crippen LogP contribution in [0.2, 0.25) is 0 Å². The van der Waals surface area contributed by atoms with Crippen molar-refractivity contribution in [1.82, 2.24) is 25.3 Å². The predicted octanol–water partition coefficient (Wildman–Crippen LogP) is 1.49. The summed E-state index contributed by atoms with van der Waals surface area (Å²) in [6.07, 6.45) is 2.19. The number of nitrogens with zero attached hydrogens (tertiary/aromatic N) is 3. The molecule has 2 N–H and O–H groups in total. The lowest BCUT2D eigenvalue weighted by atomic mass is 10.1. The van der Waals surface area contributed by atoms with Crippen LogP contribution in [-0.2, 0) is 7.05 Å². The zero-order chi connectivity index (χ0) is 15.6. The summed E-state index contributed by atoms with van der Waals surface area (Å²) < 4.78 is 1.86. The van der Waals surface area contributed by atoms with Crippen LogP contribution in [0.1, 0.15) is 42.8 Å². The van der Waals surface area contributed by atoms with E-state index in [9.17, 15) is 4.79 Å². The molecular weight excluding hydrogens is 266 g/mol. The third-order valence-electron chi connectivity index (χ3n) is 4.31. The highest BCUT2D eigenvalue weighted by atomic mass is 16.2. The number of carbonyl (C=O) groups is 1. The molecule has 0 unspecified atom stereocenters. The molecule has 1 aliphatic rings. The third kappa shape index (κ3) is 3.75. The molecule has 0 bridgehead atoms. The highest BCUT2D eigenvalue weighted by Gasteiger charge is 2.21. The summed E-state index contributed by atoms with van der Waals surface area (Å²) >= 11 is 0. The monoisotopic (exact) mass is 293 g/mol. The third-order valence-corrected chi connectivity index (χ3v) is 4.31. The summed E-state index contributed by atoms with van der Waals surface area (Å²) in [4.78, 5) is 14.4. The molecule has 0 saturated carbocycles. The topological polar surface area (TPSA) is 62.2 Å². The van der Waals surface area contributed by atoms with Crippen LogP contribution in [-0.4, -0.2) is 46.9 Å². The summed E-state index contributed by atoms with van der Waals surface area (Å²) in [7, 11) is 4.02. The van der Waals surface area contributed by atoms with Crippen LogP contribution in [0, 0.1) is 13.8 Å². The van der Waals surface area contributed by atoms with Gasteiger partial charge in [-0.3, -0.25) is 4.68 Å². The fraction of sp³-hybridized carbons (Fsp3) is 0.733. The molecule has 1 aromatic rings. The average Bonchev–Trinajstić information content (AvgIpc) is 2.62. The molecule has 1 saturated heterocycles. The number of rotatable bonds is 3. The highest BCUT2D eigenvalue weighted by molar-refractivity contribution is 5.74. The van der Waals surface area contributed by atoms with Gasteiger partial charge in [-0.05, 0) is 47.2 Å². The molecule has 1 aliphatic heterocycles. The number of hydrogen-bond acceptors (Lipinski definition) is 3. The van der Waals surface area contributed by atoms with Gasteiger partial charge in [0.1, 0.15) is 0 Å². The van der Waals surface area contributed by atoms with E-state index in [0.717, 1.165) is 42.9 Å². The van der Waals surface area contributed by atoms with Crippen molar-refractivity contribution < 1.29 is 4.79 Å². The Balaban J connectivity index is 1.93. The molecule has 0 aliphatic carbocycles. The molecule has 1 fully saturated rings. The maximum absolute atomic E-state index is 12.2. The van der Waals surface area contributed by atoms with Crippen molar-refractivity contribution in [2.75, 3.05) is 20.1 Å². The Hall–Kier alpha value is -1.56. The summed E-state index contributed by atoms with van der Waals surface area (Å²) in [6, 6.07) is 0.109. The molecule has 0 aromatic carbocycles. The summed E-state index contributed by atoms with van der Waals surface area (Å²) in [5.41, 5.74) is 3.17. The van der Waals surface area contributed by atoms with E-state index in [-0.39, 0.29) is 18.1 Å². The van der Waals surface area contributed by atoms with Crippen LogP contribution in [0.15, 0.2) is 0 Å². The predicted molar refractivity (Wildman–Crippen MR) is 83.3 cm³/mol. The number of carbonyl (C=O) groups excluding carboxylic acids is 1. The average molecular weight is 293 g/mol. The minimum atomic E-state index is -0.0922. The second-order valence-corrected chi connectivity index (χ2v) is 6.15. The van der Waals surface area contributed by atoms with Crippen molar-refractivity contribution in [3.8, 4) is 0 Å². The molecule has 21 heavy (non-hydrogen) atoms. The Morgan fingerprint density at radius 2 is 2.10 bits per heavy atom. The van der Waals surface area contributed by atoms with Crippen molar-refractivity contribution >= 4 is 6.03 Å². The Morgan fingerprint density at radius 1 is 1.38 bits per heavy atom. The van der Waals surface area contributed by atoms with E-state index in [0.29, 0.717) is 0 Å². The van der Waals surface area contributed by atoms with Gasteiger partial charge >= 0.3 is 6.03 Å². The number of aromatic nitrogens is 2. The van der Waals surface area contributed by atoms with E-state index in [2.05, 4.69) is 27.7 Å². The fourth-order valence-corrected chi connectivity index (χ4v) is 3.20. The quantitative estimate of drug-likeness (QED) is 0.887. The molecule has 0 radical (unpaired) electrons. The lowest BCUT2D eigenvalue weighted by molar-refractivity contribution is 0.207. The lowest BCUT2D eigenvalue weighted by Gasteiger charge is -2.30. The van der Waals surface area contributed by atoms with Gasteiger partial charge in [-0.1, -0.05) is 0 Å². The molecule has 2 amide bonds. The van der Waals surface area contributed by atoms with E-state index in [4.69, 9.17) is 0 Å².